The van der Waals surface area contributed by atoms with Gasteiger partial charge < -0.3 is 5.11 Å². The van der Waals surface area contributed by atoms with Crippen LogP contribution in [0.25, 0.3) is 0 Å². The van der Waals surface area contributed by atoms with E-state index in [1.807, 2.05) is 43.3 Å². The maximum Gasteiger partial charge on any atom is 0.243 e. The van der Waals surface area contributed by atoms with Crippen LogP contribution in [0, 0.1) is 12.8 Å². The van der Waals surface area contributed by atoms with Crippen LogP contribution in [-0.2, 0) is 16.6 Å². The monoisotopic (exact) mass is 385 g/mol. The molecule has 1 saturated carbocycles. The molecular weight excluding hydrogens is 358 g/mol. The summed E-state index contributed by atoms with van der Waals surface area (Å²) in [6.07, 6.45) is 3.15. The molecular formula is C22H27NO3S. The molecule has 0 aromatic heterocycles. The maximum absolute atomic E-state index is 13.4. The Hall–Kier alpha value is -1.95. The molecule has 5 heteroatoms. The lowest BCUT2D eigenvalue weighted by Crippen LogP contribution is -2.49. The summed E-state index contributed by atoms with van der Waals surface area (Å²) in [7, 11) is -3.73. The molecule has 0 unspecified atom stereocenters. The van der Waals surface area contributed by atoms with Crippen molar-refractivity contribution in [1.29, 1.82) is 0 Å². The van der Waals surface area contributed by atoms with Gasteiger partial charge in [0.05, 0.1) is 17.0 Å². The van der Waals surface area contributed by atoms with Gasteiger partial charge in [-0.1, -0.05) is 54.1 Å². The van der Waals surface area contributed by atoms with Crippen LogP contribution in [0.2, 0.25) is 0 Å². The number of allylic oxidation sites excluding steroid dienone is 1. The van der Waals surface area contributed by atoms with Crippen LogP contribution in [-0.4, -0.2) is 30.0 Å². The van der Waals surface area contributed by atoms with Crippen molar-refractivity contribution in [2.24, 2.45) is 5.92 Å². The third-order valence-electron chi connectivity index (χ3n) is 5.33. The SMILES string of the molecule is C=C[C@@H]1CC[C@@H](N(Cc2ccccc2)S(=O)(=O)c2ccc(C)cc2)[C@@H](O)C1. The van der Waals surface area contributed by atoms with Crippen LogP contribution in [0.3, 0.4) is 0 Å². The van der Waals surface area contributed by atoms with Crippen molar-refractivity contribution in [2.75, 3.05) is 0 Å². The van der Waals surface area contributed by atoms with E-state index in [2.05, 4.69) is 6.58 Å². The maximum atomic E-state index is 13.4. The Labute approximate surface area is 162 Å². The molecule has 1 aliphatic rings. The van der Waals surface area contributed by atoms with E-state index in [9.17, 15) is 13.5 Å². The van der Waals surface area contributed by atoms with Gasteiger partial charge in [-0.3, -0.25) is 0 Å². The summed E-state index contributed by atoms with van der Waals surface area (Å²) in [6, 6.07) is 16.0. The molecule has 0 aliphatic heterocycles. The second-order valence-electron chi connectivity index (χ2n) is 7.29. The summed E-state index contributed by atoms with van der Waals surface area (Å²) in [5.74, 6) is 0.233. The number of aliphatic hydroxyl groups is 1. The molecule has 0 spiro atoms. The quantitative estimate of drug-likeness (QED) is 0.767. The highest BCUT2D eigenvalue weighted by atomic mass is 32.2. The molecule has 1 fully saturated rings. The zero-order valence-corrected chi connectivity index (χ0v) is 16.5. The summed E-state index contributed by atoms with van der Waals surface area (Å²) in [5, 5.41) is 10.7. The average molecular weight is 386 g/mol. The molecule has 2 aromatic rings. The van der Waals surface area contributed by atoms with E-state index in [0.29, 0.717) is 12.8 Å². The Kier molecular flexibility index (Phi) is 6.15. The van der Waals surface area contributed by atoms with E-state index in [1.165, 1.54) is 4.31 Å². The molecule has 1 N–H and O–H groups in total. The van der Waals surface area contributed by atoms with Gasteiger partial charge in [0, 0.05) is 6.54 Å². The van der Waals surface area contributed by atoms with Crippen LogP contribution in [0.4, 0.5) is 0 Å². The normalized spacial score (nSPS) is 23.3. The summed E-state index contributed by atoms with van der Waals surface area (Å²) in [4.78, 5) is 0.266. The van der Waals surface area contributed by atoms with E-state index < -0.39 is 22.2 Å². The molecule has 0 heterocycles. The van der Waals surface area contributed by atoms with Crippen LogP contribution < -0.4 is 0 Å². The second-order valence-corrected chi connectivity index (χ2v) is 9.18. The van der Waals surface area contributed by atoms with Gasteiger partial charge in [-0.05, 0) is 49.8 Å². The van der Waals surface area contributed by atoms with Crippen molar-refractivity contribution >= 4 is 10.0 Å². The molecule has 0 amide bonds. The average Bonchev–Trinajstić information content (AvgIpc) is 2.67. The molecule has 0 saturated heterocycles. The van der Waals surface area contributed by atoms with E-state index in [-0.39, 0.29) is 17.4 Å². The first-order valence-electron chi connectivity index (χ1n) is 9.35. The highest BCUT2D eigenvalue weighted by molar-refractivity contribution is 7.89. The van der Waals surface area contributed by atoms with Gasteiger partial charge >= 0.3 is 0 Å². The minimum atomic E-state index is -3.73. The first-order valence-corrected chi connectivity index (χ1v) is 10.8. The Bertz CT molecular complexity index is 862. The third-order valence-corrected chi connectivity index (χ3v) is 7.22. The lowest BCUT2D eigenvalue weighted by Gasteiger charge is -2.39. The fourth-order valence-electron chi connectivity index (χ4n) is 3.70. The first kappa shape index (κ1) is 19.8. The summed E-state index contributed by atoms with van der Waals surface area (Å²) in [5.41, 5.74) is 1.92. The smallest absolute Gasteiger partial charge is 0.243 e. The molecule has 1 aliphatic carbocycles. The molecule has 144 valence electrons. The fraction of sp³-hybridized carbons (Fsp3) is 0.364. The summed E-state index contributed by atoms with van der Waals surface area (Å²) in [6.45, 7) is 5.99. The van der Waals surface area contributed by atoms with Gasteiger partial charge in [-0.2, -0.15) is 4.31 Å². The number of nitrogens with zero attached hydrogens (tertiary/aromatic N) is 1. The van der Waals surface area contributed by atoms with Gasteiger partial charge in [-0.15, -0.1) is 6.58 Å². The van der Waals surface area contributed by atoms with E-state index in [0.717, 1.165) is 17.5 Å². The summed E-state index contributed by atoms with van der Waals surface area (Å²) < 4.78 is 28.4. The predicted octanol–water partition coefficient (Wildman–Crippen LogP) is 3.90. The van der Waals surface area contributed by atoms with Crippen LogP contribution in [0.15, 0.2) is 72.1 Å². The molecule has 0 bridgehead atoms. The van der Waals surface area contributed by atoms with E-state index in [4.69, 9.17) is 0 Å². The van der Waals surface area contributed by atoms with Crippen molar-refractivity contribution in [3.8, 4) is 0 Å². The third kappa shape index (κ3) is 4.49. The van der Waals surface area contributed by atoms with E-state index in [1.54, 1.807) is 24.3 Å². The standard InChI is InChI=1S/C22H27NO3S/c1-3-18-11-14-21(22(24)15-18)23(16-19-7-5-4-6-8-19)27(25,26)20-12-9-17(2)10-13-20/h3-10,12-13,18,21-22,24H,1,11,14-16H2,2H3/t18-,21-,22+/m1/s1. The van der Waals surface area contributed by atoms with Crippen molar-refractivity contribution < 1.29 is 13.5 Å². The van der Waals surface area contributed by atoms with Crippen LogP contribution in [0.1, 0.15) is 30.4 Å². The number of hydrogen-bond donors (Lipinski definition) is 1. The molecule has 0 radical (unpaired) electrons. The number of benzene rings is 2. The molecule has 3 atom stereocenters. The van der Waals surface area contributed by atoms with Crippen molar-refractivity contribution in [3.63, 3.8) is 0 Å². The van der Waals surface area contributed by atoms with E-state index >= 15 is 0 Å². The first-order chi connectivity index (χ1) is 12.9. The van der Waals surface area contributed by atoms with Gasteiger partial charge in [-0.25, -0.2) is 8.42 Å². The molecule has 2 aromatic carbocycles. The number of sulfonamides is 1. The van der Waals surface area contributed by atoms with Crippen LogP contribution >= 0.6 is 0 Å². The van der Waals surface area contributed by atoms with Crippen molar-refractivity contribution in [2.45, 2.75) is 49.8 Å². The van der Waals surface area contributed by atoms with Crippen molar-refractivity contribution in [1.82, 2.24) is 4.31 Å². The second kappa shape index (κ2) is 8.38. The molecule has 4 nitrogen and oxygen atoms in total. The number of rotatable bonds is 6. The topological polar surface area (TPSA) is 57.6 Å². The Morgan fingerprint density at radius 1 is 1.11 bits per heavy atom. The summed E-state index contributed by atoms with van der Waals surface area (Å²) >= 11 is 0. The minimum Gasteiger partial charge on any atom is -0.391 e. The highest BCUT2D eigenvalue weighted by Crippen LogP contribution is 2.33. The number of aliphatic hydroxyl groups excluding tert-OH is 1. The van der Waals surface area contributed by atoms with Crippen molar-refractivity contribution in [3.05, 3.63) is 78.4 Å². The minimum absolute atomic E-state index is 0.233. The zero-order valence-electron chi connectivity index (χ0n) is 15.7. The Morgan fingerprint density at radius 3 is 2.37 bits per heavy atom. The fourth-order valence-corrected chi connectivity index (χ4v) is 5.37. The van der Waals surface area contributed by atoms with Crippen LogP contribution in [0.5, 0.6) is 0 Å². The highest BCUT2D eigenvalue weighted by Gasteiger charge is 2.38. The number of aryl methyl sites for hydroxylation is 1. The molecule has 27 heavy (non-hydrogen) atoms. The Morgan fingerprint density at radius 2 is 1.78 bits per heavy atom. The zero-order chi connectivity index (χ0) is 19.4. The predicted molar refractivity (Wildman–Crippen MR) is 108 cm³/mol. The molecule has 3 rings (SSSR count). The van der Waals surface area contributed by atoms with Gasteiger partial charge in [0.25, 0.3) is 0 Å². The lowest BCUT2D eigenvalue weighted by molar-refractivity contribution is 0.0403. The Balaban J connectivity index is 1.96. The number of hydrogen-bond acceptors (Lipinski definition) is 3. The largest absolute Gasteiger partial charge is 0.391 e. The van der Waals surface area contributed by atoms with Gasteiger partial charge in [0.1, 0.15) is 0 Å². The lowest BCUT2D eigenvalue weighted by atomic mass is 9.84. The van der Waals surface area contributed by atoms with Gasteiger partial charge in [0.2, 0.25) is 10.0 Å². The van der Waals surface area contributed by atoms with Gasteiger partial charge in [0.15, 0.2) is 0 Å².